The van der Waals surface area contributed by atoms with E-state index in [0.29, 0.717) is 23.4 Å². The van der Waals surface area contributed by atoms with Crippen molar-refractivity contribution in [3.63, 3.8) is 0 Å². The molecule has 6 nitrogen and oxygen atoms in total. The zero-order chi connectivity index (χ0) is 20.3. The van der Waals surface area contributed by atoms with Crippen molar-refractivity contribution in [1.82, 2.24) is 4.98 Å². The molecule has 1 heterocycles. The monoisotopic (exact) mass is 388 g/mol. The number of primary amides is 1. The van der Waals surface area contributed by atoms with Crippen molar-refractivity contribution in [3.8, 4) is 22.8 Å². The first-order valence-electron chi connectivity index (χ1n) is 8.59. The molecule has 146 valence electrons. The highest BCUT2D eigenvalue weighted by Crippen LogP contribution is 2.29. The Morgan fingerprint density at radius 3 is 2.75 bits per heavy atom. The summed E-state index contributed by atoms with van der Waals surface area (Å²) in [5.41, 5.74) is 5.35. The number of phenolic OH excluding ortho intramolecular Hbond substituents is 1. The number of nitrogens with two attached hydrogens (primary N) is 1. The summed E-state index contributed by atoms with van der Waals surface area (Å²) < 4.78 is 38.8. The van der Waals surface area contributed by atoms with Crippen LogP contribution in [0.4, 0.5) is 8.78 Å². The Morgan fingerprint density at radius 2 is 2.07 bits per heavy atom. The van der Waals surface area contributed by atoms with Crippen molar-refractivity contribution in [3.05, 3.63) is 65.2 Å². The number of nitrogens with zero attached hydrogens (tertiary/aromatic N) is 1. The largest absolute Gasteiger partial charge is 0.508 e. The highest BCUT2D eigenvalue weighted by molar-refractivity contribution is 5.93. The van der Waals surface area contributed by atoms with Crippen molar-refractivity contribution in [2.45, 2.75) is 26.4 Å². The molecule has 0 aliphatic rings. The summed E-state index contributed by atoms with van der Waals surface area (Å²) in [5, 5.41) is 9.68. The summed E-state index contributed by atoms with van der Waals surface area (Å²) in [4.78, 5) is 15.6. The molecule has 0 radical (unpaired) electrons. The van der Waals surface area contributed by atoms with Crippen LogP contribution in [-0.4, -0.2) is 16.0 Å². The lowest BCUT2D eigenvalue weighted by Crippen LogP contribution is -2.16. The van der Waals surface area contributed by atoms with Crippen LogP contribution < -0.4 is 10.5 Å². The Hall–Kier alpha value is -3.42. The number of amides is 1. The third kappa shape index (κ3) is 3.95. The molecule has 2 aromatic carbocycles. The Morgan fingerprint density at radius 1 is 1.29 bits per heavy atom. The molecule has 0 saturated carbocycles. The number of ether oxygens (including phenoxy) is 1. The quantitative estimate of drug-likeness (QED) is 0.638. The molecule has 0 aliphatic carbocycles. The molecule has 3 rings (SSSR count). The summed E-state index contributed by atoms with van der Waals surface area (Å²) in [7, 11) is 0. The fraction of sp³-hybridized carbons (Fsp3) is 0.200. The van der Waals surface area contributed by atoms with Gasteiger partial charge in [0.25, 0.3) is 5.91 Å². The Labute approximate surface area is 159 Å². The first-order chi connectivity index (χ1) is 13.4. The maximum Gasteiger partial charge on any atom is 0.254 e. The van der Waals surface area contributed by atoms with Gasteiger partial charge in [0.2, 0.25) is 5.89 Å². The normalized spacial score (nSPS) is 10.8. The summed E-state index contributed by atoms with van der Waals surface area (Å²) in [6, 6.07) is 8.52. The second-order valence-corrected chi connectivity index (χ2v) is 6.07. The fourth-order valence-corrected chi connectivity index (χ4v) is 2.75. The number of aryl methyl sites for hydroxylation is 1. The molecule has 3 N–H and O–H groups in total. The number of halogens is 2. The molecule has 1 amide bonds. The van der Waals surface area contributed by atoms with Gasteiger partial charge in [-0.15, -0.1) is 0 Å². The van der Waals surface area contributed by atoms with Crippen molar-refractivity contribution in [1.29, 1.82) is 0 Å². The molecular weight excluding hydrogens is 370 g/mol. The summed E-state index contributed by atoms with van der Waals surface area (Å²) in [5.74, 6) is -2.95. The van der Waals surface area contributed by atoms with E-state index in [1.807, 2.05) is 6.92 Å². The first kappa shape index (κ1) is 19.3. The van der Waals surface area contributed by atoms with Crippen LogP contribution in [0.3, 0.4) is 0 Å². The number of rotatable bonds is 7. The molecular formula is C20H18F2N2O4. The van der Waals surface area contributed by atoms with Gasteiger partial charge in [-0.1, -0.05) is 19.1 Å². The van der Waals surface area contributed by atoms with E-state index in [9.17, 15) is 18.7 Å². The minimum absolute atomic E-state index is 0.0908. The molecule has 0 atom stereocenters. The van der Waals surface area contributed by atoms with Gasteiger partial charge < -0.3 is 20.0 Å². The van der Waals surface area contributed by atoms with E-state index in [4.69, 9.17) is 14.9 Å². The Kier molecular flexibility index (Phi) is 5.58. The molecule has 0 aliphatic heterocycles. The SMILES string of the molecule is CCCc1oc(COc2ccc(F)c(C(N)=O)c2F)nc1-c1cccc(O)c1. The molecule has 8 heteroatoms. The van der Waals surface area contributed by atoms with Gasteiger partial charge in [0.1, 0.15) is 28.6 Å². The number of hydrogen-bond donors (Lipinski definition) is 2. The summed E-state index contributed by atoms with van der Waals surface area (Å²) in [6.07, 6.45) is 1.41. The maximum absolute atomic E-state index is 14.3. The van der Waals surface area contributed by atoms with Crippen LogP contribution in [0.15, 0.2) is 40.8 Å². The lowest BCUT2D eigenvalue weighted by molar-refractivity contribution is 0.0991. The van der Waals surface area contributed by atoms with Crippen LogP contribution in [0.1, 0.15) is 35.4 Å². The third-order valence-electron chi connectivity index (χ3n) is 3.99. The van der Waals surface area contributed by atoms with E-state index in [0.717, 1.165) is 18.6 Å². The average molecular weight is 388 g/mol. The van der Waals surface area contributed by atoms with Crippen LogP contribution in [0.5, 0.6) is 11.5 Å². The van der Waals surface area contributed by atoms with Crippen molar-refractivity contribution in [2.24, 2.45) is 5.73 Å². The second kappa shape index (κ2) is 8.08. The molecule has 1 aromatic heterocycles. The van der Waals surface area contributed by atoms with E-state index >= 15 is 0 Å². The van der Waals surface area contributed by atoms with Crippen LogP contribution in [0.25, 0.3) is 11.3 Å². The number of aromatic nitrogens is 1. The number of benzene rings is 2. The van der Waals surface area contributed by atoms with E-state index in [1.54, 1.807) is 24.3 Å². The highest BCUT2D eigenvalue weighted by Gasteiger charge is 2.20. The van der Waals surface area contributed by atoms with Gasteiger partial charge in [0.15, 0.2) is 18.2 Å². The van der Waals surface area contributed by atoms with Crippen molar-refractivity contribution >= 4 is 5.91 Å². The van der Waals surface area contributed by atoms with Gasteiger partial charge in [0.05, 0.1) is 0 Å². The van der Waals surface area contributed by atoms with Gasteiger partial charge >= 0.3 is 0 Å². The average Bonchev–Trinajstić information content (AvgIpc) is 3.04. The lowest BCUT2D eigenvalue weighted by atomic mass is 10.1. The first-order valence-corrected chi connectivity index (χ1v) is 8.59. The smallest absolute Gasteiger partial charge is 0.254 e. The fourth-order valence-electron chi connectivity index (χ4n) is 2.75. The van der Waals surface area contributed by atoms with E-state index in [-0.39, 0.29) is 24.0 Å². The van der Waals surface area contributed by atoms with Crippen molar-refractivity contribution in [2.75, 3.05) is 0 Å². The highest BCUT2D eigenvalue weighted by atomic mass is 19.1. The number of oxazole rings is 1. The molecule has 0 fully saturated rings. The van der Waals surface area contributed by atoms with Crippen LogP contribution in [0.2, 0.25) is 0 Å². The Balaban J connectivity index is 1.87. The molecule has 28 heavy (non-hydrogen) atoms. The molecule has 0 unspecified atom stereocenters. The maximum atomic E-state index is 14.3. The lowest BCUT2D eigenvalue weighted by Gasteiger charge is -2.08. The van der Waals surface area contributed by atoms with Gasteiger partial charge in [-0.25, -0.2) is 13.8 Å². The minimum Gasteiger partial charge on any atom is -0.508 e. The third-order valence-corrected chi connectivity index (χ3v) is 3.99. The molecule has 3 aromatic rings. The van der Waals surface area contributed by atoms with Gasteiger partial charge in [-0.2, -0.15) is 0 Å². The molecule has 0 spiro atoms. The van der Waals surface area contributed by atoms with E-state index in [1.165, 1.54) is 0 Å². The Bertz CT molecular complexity index is 1020. The number of carbonyl (C=O) groups is 1. The molecule has 0 bridgehead atoms. The zero-order valence-corrected chi connectivity index (χ0v) is 15.0. The number of hydrogen-bond acceptors (Lipinski definition) is 5. The minimum atomic E-state index is -1.23. The van der Waals surface area contributed by atoms with E-state index in [2.05, 4.69) is 4.98 Å². The topological polar surface area (TPSA) is 98.6 Å². The summed E-state index contributed by atoms with van der Waals surface area (Å²) >= 11 is 0. The predicted octanol–water partition coefficient (Wildman–Crippen LogP) is 3.96. The van der Waals surface area contributed by atoms with Crippen molar-refractivity contribution < 1.29 is 27.8 Å². The van der Waals surface area contributed by atoms with Gasteiger partial charge in [-0.05, 0) is 30.7 Å². The number of carbonyl (C=O) groups excluding carboxylic acids is 1. The summed E-state index contributed by atoms with van der Waals surface area (Å²) in [6.45, 7) is 1.74. The number of aromatic hydroxyl groups is 1. The standard InChI is InChI=1S/C20H18F2N2O4/c1-2-4-15-19(11-5-3-6-12(25)9-11)24-16(28-15)10-27-14-8-7-13(21)17(18(14)22)20(23)26/h3,5-9,25H,2,4,10H2,1H3,(H2,23,26). The van der Waals surface area contributed by atoms with Gasteiger partial charge in [-0.3, -0.25) is 4.79 Å². The zero-order valence-electron chi connectivity index (χ0n) is 15.0. The molecule has 0 saturated heterocycles. The van der Waals surface area contributed by atoms with E-state index < -0.39 is 23.1 Å². The second-order valence-electron chi connectivity index (χ2n) is 6.07. The van der Waals surface area contributed by atoms with Crippen LogP contribution in [-0.2, 0) is 13.0 Å². The van der Waals surface area contributed by atoms with Crippen LogP contribution in [0, 0.1) is 11.6 Å². The van der Waals surface area contributed by atoms with Gasteiger partial charge in [0, 0.05) is 12.0 Å². The van der Waals surface area contributed by atoms with Crippen LogP contribution >= 0.6 is 0 Å². The number of phenols is 1. The predicted molar refractivity (Wildman–Crippen MR) is 96.8 cm³/mol.